The van der Waals surface area contributed by atoms with Gasteiger partial charge in [0.15, 0.2) is 11.5 Å². The lowest BCUT2D eigenvalue weighted by Gasteiger charge is -2.27. The zero-order valence-corrected chi connectivity index (χ0v) is 17.4. The molecule has 0 aliphatic rings. The second-order valence-corrected chi connectivity index (χ2v) is 6.45. The Bertz CT molecular complexity index is 735. The summed E-state index contributed by atoms with van der Waals surface area (Å²) in [6.45, 7) is 6.83. The molecule has 2 rings (SSSR count). The molecule has 0 heterocycles. The number of benzene rings is 2. The van der Waals surface area contributed by atoms with E-state index in [0.717, 1.165) is 13.1 Å². The minimum absolute atomic E-state index is 0.174. The standard InChI is InChI=1S/C22H30N2O4/c1-6-24(7-2)18(16-11-9-8-10-12-16)15-23-22(25)17-13-19(26-3)21(28-5)20(14-17)27-4/h8-14,18H,6-7,15H2,1-5H3,(H,23,25)/p+1/t18-/m1/s1. The Morgan fingerprint density at radius 1 is 0.964 bits per heavy atom. The van der Waals surface area contributed by atoms with Gasteiger partial charge in [0.25, 0.3) is 5.91 Å². The molecule has 0 saturated carbocycles. The molecule has 0 aliphatic carbocycles. The van der Waals surface area contributed by atoms with Crippen LogP contribution in [-0.4, -0.2) is 46.9 Å². The summed E-state index contributed by atoms with van der Waals surface area (Å²) < 4.78 is 16.0. The van der Waals surface area contributed by atoms with Crippen LogP contribution in [0.2, 0.25) is 0 Å². The fourth-order valence-electron chi connectivity index (χ4n) is 3.44. The molecule has 1 atom stereocenters. The van der Waals surface area contributed by atoms with Gasteiger partial charge >= 0.3 is 0 Å². The van der Waals surface area contributed by atoms with Crippen molar-refractivity contribution in [2.45, 2.75) is 19.9 Å². The third-order valence-electron chi connectivity index (χ3n) is 5.00. The summed E-state index contributed by atoms with van der Waals surface area (Å²) in [6, 6.07) is 13.8. The number of likely N-dealkylation sites (N-methyl/N-ethyl adjacent to an activating group) is 1. The Morgan fingerprint density at radius 2 is 1.54 bits per heavy atom. The number of carbonyl (C=O) groups excluding carboxylic acids is 1. The third-order valence-corrected chi connectivity index (χ3v) is 5.00. The van der Waals surface area contributed by atoms with E-state index in [9.17, 15) is 4.79 Å². The monoisotopic (exact) mass is 387 g/mol. The quantitative estimate of drug-likeness (QED) is 0.656. The maximum atomic E-state index is 12.8. The van der Waals surface area contributed by atoms with E-state index in [1.165, 1.54) is 31.8 Å². The maximum Gasteiger partial charge on any atom is 0.251 e. The number of ether oxygens (including phenoxy) is 3. The third kappa shape index (κ3) is 4.95. The average Bonchev–Trinajstić information content (AvgIpc) is 2.75. The SMILES string of the molecule is CC[NH+](CC)[C@H](CNC(=O)c1cc(OC)c(OC)c(OC)c1)c1ccccc1. The first-order valence-electron chi connectivity index (χ1n) is 9.57. The zero-order valence-electron chi connectivity index (χ0n) is 17.4. The lowest BCUT2D eigenvalue weighted by Crippen LogP contribution is -3.12. The molecule has 2 aromatic rings. The molecule has 0 spiro atoms. The van der Waals surface area contributed by atoms with Crippen molar-refractivity contribution in [1.82, 2.24) is 5.32 Å². The van der Waals surface area contributed by atoms with Crippen LogP contribution in [-0.2, 0) is 0 Å². The number of rotatable bonds is 10. The summed E-state index contributed by atoms with van der Waals surface area (Å²) in [7, 11) is 4.61. The van der Waals surface area contributed by atoms with Crippen molar-refractivity contribution in [3.63, 3.8) is 0 Å². The number of quaternary nitrogens is 1. The minimum Gasteiger partial charge on any atom is -0.493 e. The fraction of sp³-hybridized carbons (Fsp3) is 0.409. The molecule has 0 aromatic heterocycles. The molecule has 2 N–H and O–H groups in total. The van der Waals surface area contributed by atoms with Gasteiger partial charge in [0.2, 0.25) is 5.75 Å². The van der Waals surface area contributed by atoms with E-state index < -0.39 is 0 Å². The van der Waals surface area contributed by atoms with E-state index >= 15 is 0 Å². The number of carbonyl (C=O) groups is 1. The van der Waals surface area contributed by atoms with Gasteiger partial charge in [-0.05, 0) is 26.0 Å². The van der Waals surface area contributed by atoms with Crippen LogP contribution in [0.3, 0.4) is 0 Å². The van der Waals surface area contributed by atoms with Crippen LogP contribution >= 0.6 is 0 Å². The van der Waals surface area contributed by atoms with Gasteiger partial charge in [0, 0.05) is 11.1 Å². The highest BCUT2D eigenvalue weighted by atomic mass is 16.5. The molecular formula is C22H31N2O4+. The maximum absolute atomic E-state index is 12.8. The highest BCUT2D eigenvalue weighted by Crippen LogP contribution is 2.38. The second kappa shape index (κ2) is 10.6. The zero-order chi connectivity index (χ0) is 20.5. The van der Waals surface area contributed by atoms with Crippen LogP contribution in [0.25, 0.3) is 0 Å². The van der Waals surface area contributed by atoms with Crippen LogP contribution in [0.5, 0.6) is 17.2 Å². The summed E-state index contributed by atoms with van der Waals surface area (Å²) >= 11 is 0. The summed E-state index contributed by atoms with van der Waals surface area (Å²) in [5.41, 5.74) is 1.68. The first-order valence-corrected chi connectivity index (χ1v) is 9.57. The van der Waals surface area contributed by atoms with Gasteiger partial charge in [0.1, 0.15) is 6.04 Å². The Morgan fingerprint density at radius 3 is 2.00 bits per heavy atom. The predicted molar refractivity (Wildman–Crippen MR) is 110 cm³/mol. The van der Waals surface area contributed by atoms with Crippen LogP contribution in [0.15, 0.2) is 42.5 Å². The van der Waals surface area contributed by atoms with Crippen molar-refractivity contribution in [3.05, 3.63) is 53.6 Å². The molecular weight excluding hydrogens is 356 g/mol. The Hall–Kier alpha value is -2.73. The Balaban J connectivity index is 2.23. The summed E-state index contributed by atoms with van der Waals surface area (Å²) in [4.78, 5) is 14.3. The molecule has 28 heavy (non-hydrogen) atoms. The smallest absolute Gasteiger partial charge is 0.251 e. The number of amides is 1. The Kier molecular flexibility index (Phi) is 8.14. The van der Waals surface area contributed by atoms with Gasteiger partial charge in [-0.25, -0.2) is 0 Å². The van der Waals surface area contributed by atoms with E-state index in [1.54, 1.807) is 12.1 Å². The van der Waals surface area contributed by atoms with Gasteiger partial charge < -0.3 is 24.4 Å². The number of methoxy groups -OCH3 is 3. The van der Waals surface area contributed by atoms with E-state index in [1.807, 2.05) is 18.2 Å². The van der Waals surface area contributed by atoms with Gasteiger partial charge in [-0.2, -0.15) is 0 Å². The van der Waals surface area contributed by atoms with Gasteiger partial charge in [-0.15, -0.1) is 0 Å². The van der Waals surface area contributed by atoms with Crippen LogP contribution < -0.4 is 24.4 Å². The lowest BCUT2D eigenvalue weighted by molar-refractivity contribution is -0.927. The molecule has 0 aliphatic heterocycles. The molecule has 6 heteroatoms. The molecule has 1 amide bonds. The van der Waals surface area contributed by atoms with Gasteiger partial charge in [-0.3, -0.25) is 4.79 Å². The number of hydrogen-bond donors (Lipinski definition) is 2. The summed E-state index contributed by atoms with van der Waals surface area (Å²) in [5.74, 6) is 1.21. The Labute approximate surface area is 167 Å². The average molecular weight is 388 g/mol. The van der Waals surface area contributed by atoms with Crippen molar-refractivity contribution in [3.8, 4) is 17.2 Å². The molecule has 2 aromatic carbocycles. The van der Waals surface area contributed by atoms with Crippen LogP contribution in [0.1, 0.15) is 35.8 Å². The van der Waals surface area contributed by atoms with Crippen molar-refractivity contribution in [1.29, 1.82) is 0 Å². The van der Waals surface area contributed by atoms with Gasteiger partial charge in [-0.1, -0.05) is 30.3 Å². The number of nitrogens with one attached hydrogen (secondary N) is 2. The lowest BCUT2D eigenvalue weighted by atomic mass is 10.0. The molecule has 6 nitrogen and oxygen atoms in total. The molecule has 0 fully saturated rings. The van der Waals surface area contributed by atoms with Crippen molar-refractivity contribution < 1.29 is 23.9 Å². The first-order chi connectivity index (χ1) is 13.6. The van der Waals surface area contributed by atoms with Crippen molar-refractivity contribution in [2.24, 2.45) is 0 Å². The summed E-state index contributed by atoms with van der Waals surface area (Å²) in [6.07, 6.45) is 0. The molecule has 0 radical (unpaired) electrons. The first kappa shape index (κ1) is 21.6. The molecule has 0 bridgehead atoms. The van der Waals surface area contributed by atoms with E-state index in [-0.39, 0.29) is 11.9 Å². The molecule has 0 unspecified atom stereocenters. The molecule has 152 valence electrons. The van der Waals surface area contributed by atoms with Crippen LogP contribution in [0, 0.1) is 0 Å². The summed E-state index contributed by atoms with van der Waals surface area (Å²) in [5, 5.41) is 3.08. The van der Waals surface area contributed by atoms with E-state index in [0.29, 0.717) is 29.4 Å². The molecule has 0 saturated heterocycles. The largest absolute Gasteiger partial charge is 0.493 e. The topological polar surface area (TPSA) is 61.2 Å². The minimum atomic E-state index is -0.174. The highest BCUT2D eigenvalue weighted by Gasteiger charge is 2.23. The van der Waals surface area contributed by atoms with E-state index in [4.69, 9.17) is 14.2 Å². The fourth-order valence-corrected chi connectivity index (χ4v) is 3.44. The highest BCUT2D eigenvalue weighted by molar-refractivity contribution is 5.95. The van der Waals surface area contributed by atoms with E-state index in [2.05, 4.69) is 31.3 Å². The van der Waals surface area contributed by atoms with Crippen LogP contribution in [0.4, 0.5) is 0 Å². The normalized spacial score (nSPS) is 11.8. The number of hydrogen-bond acceptors (Lipinski definition) is 4. The predicted octanol–water partition coefficient (Wildman–Crippen LogP) is 2.11. The van der Waals surface area contributed by atoms with Crippen molar-refractivity contribution >= 4 is 5.91 Å². The second-order valence-electron chi connectivity index (χ2n) is 6.45. The van der Waals surface area contributed by atoms with Crippen molar-refractivity contribution in [2.75, 3.05) is 41.0 Å². The van der Waals surface area contributed by atoms with Gasteiger partial charge in [0.05, 0.1) is 41.0 Å².